The summed E-state index contributed by atoms with van der Waals surface area (Å²) in [5.74, 6) is -1.14. The highest BCUT2D eigenvalue weighted by molar-refractivity contribution is 7.90. The average Bonchev–Trinajstić information content (AvgIpc) is 2.81. The van der Waals surface area contributed by atoms with Crippen LogP contribution in [-0.2, 0) is 26.3 Å². The van der Waals surface area contributed by atoms with Crippen molar-refractivity contribution in [3.63, 3.8) is 0 Å². The number of carbonyl (C=O) groups is 2. The van der Waals surface area contributed by atoms with Crippen LogP contribution in [-0.4, -0.2) is 62.7 Å². The molecule has 1 N–H and O–H groups in total. The number of benzene rings is 2. The molecule has 36 heavy (non-hydrogen) atoms. The molecule has 2 amide bonds. The maximum atomic E-state index is 13.7. The van der Waals surface area contributed by atoms with Crippen LogP contribution in [0.1, 0.15) is 38.3 Å². The topological polar surface area (TPSA) is 90.0 Å². The molecule has 0 aliphatic heterocycles. The molecule has 0 spiro atoms. The Balaban J connectivity index is 2.48. The van der Waals surface area contributed by atoms with Gasteiger partial charge < -0.3 is 10.2 Å². The summed E-state index contributed by atoms with van der Waals surface area (Å²) in [7, 11) is -1.38. The summed E-state index contributed by atoms with van der Waals surface area (Å²) >= 11 is 0. The van der Waals surface area contributed by atoms with Gasteiger partial charge in [-0.15, -0.1) is 0 Å². The summed E-state index contributed by atoms with van der Waals surface area (Å²) in [4.78, 5) is 28.3. The molecule has 0 aromatic heterocycles. The molecule has 0 heterocycles. The zero-order valence-electron chi connectivity index (χ0n) is 21.9. The summed E-state index contributed by atoms with van der Waals surface area (Å²) in [6, 6.07) is 11.7. The van der Waals surface area contributed by atoms with Gasteiger partial charge in [0.25, 0.3) is 0 Å². The van der Waals surface area contributed by atoms with E-state index in [0.717, 1.165) is 31.9 Å². The van der Waals surface area contributed by atoms with Crippen molar-refractivity contribution < 1.29 is 22.4 Å². The Morgan fingerprint density at radius 2 is 1.69 bits per heavy atom. The van der Waals surface area contributed by atoms with Crippen molar-refractivity contribution in [2.24, 2.45) is 5.92 Å². The minimum absolute atomic E-state index is 0.132. The predicted molar refractivity (Wildman–Crippen MR) is 140 cm³/mol. The lowest BCUT2D eigenvalue weighted by molar-refractivity contribution is -0.140. The van der Waals surface area contributed by atoms with E-state index in [-0.39, 0.29) is 24.1 Å². The van der Waals surface area contributed by atoms with Crippen molar-refractivity contribution in [1.29, 1.82) is 0 Å². The molecule has 10 heteroatoms. The number of amides is 2. The quantitative estimate of drug-likeness (QED) is 0.465. The number of hydrogen-bond acceptors (Lipinski definition) is 4. The van der Waals surface area contributed by atoms with Gasteiger partial charge >= 0.3 is 10.2 Å². The fraction of sp³-hybridized carbons (Fsp3) is 0.462. The van der Waals surface area contributed by atoms with Gasteiger partial charge in [-0.25, -0.2) is 8.70 Å². The van der Waals surface area contributed by atoms with Crippen molar-refractivity contribution in [2.45, 2.75) is 46.7 Å². The maximum absolute atomic E-state index is 13.7. The summed E-state index contributed by atoms with van der Waals surface area (Å²) in [5, 5.41) is 2.89. The van der Waals surface area contributed by atoms with Crippen LogP contribution in [0.4, 0.5) is 10.1 Å². The number of anilines is 1. The van der Waals surface area contributed by atoms with Crippen molar-refractivity contribution in [2.75, 3.05) is 31.5 Å². The Hall–Kier alpha value is -2.98. The van der Waals surface area contributed by atoms with E-state index in [1.165, 1.54) is 31.1 Å². The van der Waals surface area contributed by atoms with E-state index >= 15 is 0 Å². The standard InChI is InChI=1S/C26H37FN4O4S/c1-7-24(26(33)28-16-19(2)3)30(17-21-10-8-9-20(4)15-21)25(32)18-31(36(34,35)29(5)6)23-13-11-22(27)12-14-23/h8-15,19,24H,7,16-18H2,1-6H3,(H,28,33). The molecule has 2 rings (SSSR count). The third-order valence-electron chi connectivity index (χ3n) is 5.64. The molecule has 0 saturated carbocycles. The van der Waals surface area contributed by atoms with Crippen LogP contribution < -0.4 is 9.62 Å². The van der Waals surface area contributed by atoms with Gasteiger partial charge in [-0.3, -0.25) is 9.59 Å². The number of aryl methyl sites for hydroxylation is 1. The zero-order chi connectivity index (χ0) is 27.0. The number of nitrogens with one attached hydrogen (secondary N) is 1. The largest absolute Gasteiger partial charge is 0.354 e. The second kappa shape index (κ2) is 12.8. The second-order valence-corrected chi connectivity index (χ2v) is 11.4. The Labute approximate surface area is 214 Å². The summed E-state index contributed by atoms with van der Waals surface area (Å²) in [6.45, 7) is 7.73. The first kappa shape index (κ1) is 29.3. The van der Waals surface area contributed by atoms with Gasteiger partial charge in [0.2, 0.25) is 11.8 Å². The highest BCUT2D eigenvalue weighted by atomic mass is 32.2. The molecule has 0 fully saturated rings. The molecule has 198 valence electrons. The van der Waals surface area contributed by atoms with Crippen LogP contribution in [0.15, 0.2) is 48.5 Å². The highest BCUT2D eigenvalue weighted by Gasteiger charge is 2.33. The molecule has 1 atom stereocenters. The molecule has 2 aromatic carbocycles. The Bertz CT molecular complexity index is 1140. The van der Waals surface area contributed by atoms with Gasteiger partial charge in [0.15, 0.2) is 0 Å². The van der Waals surface area contributed by atoms with Gasteiger partial charge in [-0.2, -0.15) is 12.7 Å². The average molecular weight is 521 g/mol. The number of rotatable bonds is 12. The maximum Gasteiger partial charge on any atom is 0.304 e. The third-order valence-corrected chi connectivity index (χ3v) is 7.46. The first-order valence-corrected chi connectivity index (χ1v) is 13.3. The van der Waals surface area contributed by atoms with Crippen LogP contribution >= 0.6 is 0 Å². The van der Waals surface area contributed by atoms with Gasteiger partial charge in [0, 0.05) is 27.2 Å². The number of hydrogen-bond donors (Lipinski definition) is 1. The first-order valence-electron chi connectivity index (χ1n) is 11.9. The Morgan fingerprint density at radius 1 is 1.06 bits per heavy atom. The molecule has 0 radical (unpaired) electrons. The number of halogens is 1. The summed E-state index contributed by atoms with van der Waals surface area (Å²) < 4.78 is 41.7. The van der Waals surface area contributed by atoms with Crippen molar-refractivity contribution >= 4 is 27.7 Å². The van der Waals surface area contributed by atoms with E-state index in [0.29, 0.717) is 13.0 Å². The van der Waals surface area contributed by atoms with E-state index in [1.807, 2.05) is 52.0 Å². The van der Waals surface area contributed by atoms with E-state index in [1.54, 1.807) is 0 Å². The molecule has 0 bridgehead atoms. The van der Waals surface area contributed by atoms with Crippen molar-refractivity contribution in [3.8, 4) is 0 Å². The summed E-state index contributed by atoms with van der Waals surface area (Å²) in [5.41, 5.74) is 1.97. The smallest absolute Gasteiger partial charge is 0.304 e. The molecule has 0 saturated heterocycles. The van der Waals surface area contributed by atoms with Crippen LogP contribution in [0.5, 0.6) is 0 Å². The molecule has 0 aliphatic rings. The van der Waals surface area contributed by atoms with Crippen LogP contribution in [0.25, 0.3) is 0 Å². The highest BCUT2D eigenvalue weighted by Crippen LogP contribution is 2.22. The van der Waals surface area contributed by atoms with E-state index in [2.05, 4.69) is 5.32 Å². The molecular formula is C26H37FN4O4S. The molecule has 8 nitrogen and oxygen atoms in total. The lowest BCUT2D eigenvalue weighted by Crippen LogP contribution is -2.53. The fourth-order valence-corrected chi connectivity index (χ4v) is 4.73. The molecule has 1 unspecified atom stereocenters. The normalized spacial score (nSPS) is 12.5. The first-order chi connectivity index (χ1) is 16.9. The SMILES string of the molecule is CCC(C(=O)NCC(C)C)N(Cc1cccc(C)c1)C(=O)CN(c1ccc(F)cc1)S(=O)(=O)N(C)C. The molecular weight excluding hydrogens is 483 g/mol. The van der Waals surface area contributed by atoms with Crippen molar-refractivity contribution in [1.82, 2.24) is 14.5 Å². The summed E-state index contributed by atoms with van der Waals surface area (Å²) in [6.07, 6.45) is 0.346. The molecule has 2 aromatic rings. The Morgan fingerprint density at radius 3 is 2.22 bits per heavy atom. The minimum atomic E-state index is -4.09. The van der Waals surface area contributed by atoms with Gasteiger partial charge in [0.1, 0.15) is 18.4 Å². The van der Waals surface area contributed by atoms with E-state index in [4.69, 9.17) is 0 Å². The molecule has 0 aliphatic carbocycles. The van der Waals surface area contributed by atoms with Crippen molar-refractivity contribution in [3.05, 3.63) is 65.5 Å². The number of carbonyl (C=O) groups excluding carboxylic acids is 2. The monoisotopic (exact) mass is 520 g/mol. The van der Waals surface area contributed by atoms with Gasteiger partial charge in [-0.1, -0.05) is 50.6 Å². The fourth-order valence-electron chi connectivity index (χ4n) is 3.67. The number of nitrogens with zero attached hydrogens (tertiary/aromatic N) is 3. The van der Waals surface area contributed by atoms with Crippen LogP contribution in [0.2, 0.25) is 0 Å². The van der Waals surface area contributed by atoms with Crippen LogP contribution in [0, 0.1) is 18.7 Å². The predicted octanol–water partition coefficient (Wildman–Crippen LogP) is 3.33. The van der Waals surface area contributed by atoms with Gasteiger partial charge in [0.05, 0.1) is 5.69 Å². The van der Waals surface area contributed by atoms with Crippen LogP contribution in [0.3, 0.4) is 0 Å². The Kier molecular flexibility index (Phi) is 10.4. The third kappa shape index (κ3) is 7.76. The zero-order valence-corrected chi connectivity index (χ0v) is 22.7. The lowest BCUT2D eigenvalue weighted by atomic mass is 10.1. The lowest BCUT2D eigenvalue weighted by Gasteiger charge is -2.34. The van der Waals surface area contributed by atoms with Gasteiger partial charge in [-0.05, 0) is 49.1 Å². The van der Waals surface area contributed by atoms with E-state index < -0.39 is 34.5 Å². The van der Waals surface area contributed by atoms with E-state index in [9.17, 15) is 22.4 Å². The minimum Gasteiger partial charge on any atom is -0.354 e. The second-order valence-electron chi connectivity index (χ2n) is 9.35.